The second-order valence-electron chi connectivity index (χ2n) is 4.04. The van der Waals surface area contributed by atoms with E-state index < -0.39 is 0 Å². The molecule has 0 amide bonds. The maximum atomic E-state index is 5.78. The van der Waals surface area contributed by atoms with E-state index in [1.807, 2.05) is 13.0 Å². The van der Waals surface area contributed by atoms with Crippen molar-refractivity contribution < 1.29 is 4.74 Å². The molecule has 0 atom stereocenters. The molecule has 0 spiro atoms. The van der Waals surface area contributed by atoms with Crippen LogP contribution in [0.1, 0.15) is 11.1 Å². The fourth-order valence-corrected chi connectivity index (χ4v) is 1.73. The van der Waals surface area contributed by atoms with Gasteiger partial charge in [0.25, 0.3) is 0 Å². The zero-order valence-electron chi connectivity index (χ0n) is 9.98. The van der Waals surface area contributed by atoms with Gasteiger partial charge in [0.1, 0.15) is 12.4 Å². The Hall–Kier alpha value is -1.48. The van der Waals surface area contributed by atoms with Gasteiger partial charge in [0.2, 0.25) is 0 Å². The summed E-state index contributed by atoms with van der Waals surface area (Å²) in [5, 5.41) is 4.74. The van der Waals surface area contributed by atoms with Gasteiger partial charge in [0.15, 0.2) is 0 Å². The van der Waals surface area contributed by atoms with Gasteiger partial charge in [-0.15, -0.1) is 0 Å². The SMILES string of the molecule is Cc1ccc(C)c(OCCn2cc(Cl)cn2)c1. The van der Waals surface area contributed by atoms with Crippen LogP contribution >= 0.6 is 11.6 Å². The number of rotatable bonds is 4. The summed E-state index contributed by atoms with van der Waals surface area (Å²) in [5.74, 6) is 0.934. The van der Waals surface area contributed by atoms with E-state index in [9.17, 15) is 0 Å². The highest BCUT2D eigenvalue weighted by atomic mass is 35.5. The average Bonchev–Trinajstić information content (AvgIpc) is 2.69. The number of ether oxygens (including phenoxy) is 1. The smallest absolute Gasteiger partial charge is 0.122 e. The molecule has 2 rings (SSSR count). The largest absolute Gasteiger partial charge is 0.491 e. The first-order valence-corrected chi connectivity index (χ1v) is 5.91. The van der Waals surface area contributed by atoms with E-state index in [-0.39, 0.29) is 0 Å². The van der Waals surface area contributed by atoms with E-state index in [0.717, 1.165) is 11.3 Å². The van der Waals surface area contributed by atoms with Crippen LogP contribution in [-0.2, 0) is 6.54 Å². The summed E-state index contributed by atoms with van der Waals surface area (Å²) < 4.78 is 7.50. The summed E-state index contributed by atoms with van der Waals surface area (Å²) in [4.78, 5) is 0. The second kappa shape index (κ2) is 5.23. The first kappa shape index (κ1) is 12.0. The average molecular weight is 251 g/mol. The predicted octanol–water partition coefficient (Wildman–Crippen LogP) is 3.23. The van der Waals surface area contributed by atoms with Crippen molar-refractivity contribution in [1.82, 2.24) is 9.78 Å². The lowest BCUT2D eigenvalue weighted by atomic mass is 10.1. The molecule has 2 aromatic rings. The van der Waals surface area contributed by atoms with Crippen LogP contribution in [0.5, 0.6) is 5.75 Å². The van der Waals surface area contributed by atoms with Crippen molar-refractivity contribution >= 4 is 11.6 Å². The van der Waals surface area contributed by atoms with E-state index >= 15 is 0 Å². The molecule has 1 aromatic heterocycles. The van der Waals surface area contributed by atoms with Gasteiger partial charge in [-0.3, -0.25) is 4.68 Å². The Bertz CT molecular complexity index is 508. The summed E-state index contributed by atoms with van der Waals surface area (Å²) in [5.41, 5.74) is 2.35. The minimum absolute atomic E-state index is 0.586. The van der Waals surface area contributed by atoms with Crippen LogP contribution in [0, 0.1) is 13.8 Å². The van der Waals surface area contributed by atoms with E-state index in [4.69, 9.17) is 16.3 Å². The lowest BCUT2D eigenvalue weighted by Gasteiger charge is -2.09. The summed E-state index contributed by atoms with van der Waals surface area (Å²) in [6.45, 7) is 5.38. The summed E-state index contributed by atoms with van der Waals surface area (Å²) >= 11 is 5.78. The minimum Gasteiger partial charge on any atom is -0.491 e. The number of aromatic nitrogens is 2. The summed E-state index contributed by atoms with van der Waals surface area (Å²) in [6, 6.07) is 6.19. The van der Waals surface area contributed by atoms with Crippen molar-refractivity contribution in [2.45, 2.75) is 20.4 Å². The highest BCUT2D eigenvalue weighted by molar-refractivity contribution is 6.30. The Morgan fingerprint density at radius 2 is 2.18 bits per heavy atom. The normalized spacial score (nSPS) is 10.5. The van der Waals surface area contributed by atoms with Crippen molar-refractivity contribution in [2.24, 2.45) is 0 Å². The molecule has 0 radical (unpaired) electrons. The third-order valence-corrected chi connectivity index (χ3v) is 2.72. The van der Waals surface area contributed by atoms with Crippen LogP contribution < -0.4 is 4.74 Å². The molecular weight excluding hydrogens is 236 g/mol. The van der Waals surface area contributed by atoms with Crippen molar-refractivity contribution in [3.63, 3.8) is 0 Å². The Morgan fingerprint density at radius 1 is 1.35 bits per heavy atom. The standard InChI is InChI=1S/C13H15ClN2O/c1-10-3-4-11(2)13(7-10)17-6-5-16-9-12(14)8-15-16/h3-4,7-9H,5-6H2,1-2H3. The maximum absolute atomic E-state index is 5.78. The van der Waals surface area contributed by atoms with Crippen molar-refractivity contribution in [1.29, 1.82) is 0 Å². The molecule has 0 bridgehead atoms. The molecule has 3 nitrogen and oxygen atoms in total. The van der Waals surface area contributed by atoms with Crippen LogP contribution in [0.3, 0.4) is 0 Å². The van der Waals surface area contributed by atoms with Gasteiger partial charge in [0, 0.05) is 6.20 Å². The quantitative estimate of drug-likeness (QED) is 0.833. The number of halogens is 1. The third-order valence-electron chi connectivity index (χ3n) is 2.52. The molecule has 90 valence electrons. The second-order valence-corrected chi connectivity index (χ2v) is 4.48. The highest BCUT2D eigenvalue weighted by Crippen LogP contribution is 2.19. The Labute approximate surface area is 106 Å². The van der Waals surface area contributed by atoms with Crippen molar-refractivity contribution in [2.75, 3.05) is 6.61 Å². The predicted molar refractivity (Wildman–Crippen MR) is 68.6 cm³/mol. The molecule has 17 heavy (non-hydrogen) atoms. The summed E-state index contributed by atoms with van der Waals surface area (Å²) in [7, 11) is 0. The topological polar surface area (TPSA) is 27.1 Å². The summed E-state index contributed by atoms with van der Waals surface area (Å²) in [6.07, 6.45) is 3.41. The highest BCUT2D eigenvalue weighted by Gasteiger charge is 2.00. The van der Waals surface area contributed by atoms with Gasteiger partial charge < -0.3 is 4.74 Å². The molecule has 0 N–H and O–H groups in total. The van der Waals surface area contributed by atoms with Gasteiger partial charge >= 0.3 is 0 Å². The minimum atomic E-state index is 0.586. The number of benzene rings is 1. The third kappa shape index (κ3) is 3.24. The van der Waals surface area contributed by atoms with Gasteiger partial charge in [-0.05, 0) is 31.0 Å². The van der Waals surface area contributed by atoms with Crippen LogP contribution in [0.4, 0.5) is 0 Å². The zero-order chi connectivity index (χ0) is 12.3. The molecule has 0 fully saturated rings. The molecule has 1 heterocycles. The van der Waals surface area contributed by atoms with E-state index in [1.54, 1.807) is 17.1 Å². The van der Waals surface area contributed by atoms with Crippen LogP contribution in [-0.4, -0.2) is 16.4 Å². The number of hydrogen-bond acceptors (Lipinski definition) is 2. The molecular formula is C13H15ClN2O. The fraction of sp³-hybridized carbons (Fsp3) is 0.308. The van der Waals surface area contributed by atoms with E-state index in [2.05, 4.69) is 24.2 Å². The van der Waals surface area contributed by atoms with E-state index in [1.165, 1.54) is 5.56 Å². The van der Waals surface area contributed by atoms with Gasteiger partial charge in [0.05, 0.1) is 17.8 Å². The lowest BCUT2D eigenvalue weighted by molar-refractivity contribution is 0.289. The molecule has 0 saturated carbocycles. The zero-order valence-corrected chi connectivity index (χ0v) is 10.7. The fourth-order valence-electron chi connectivity index (χ4n) is 1.57. The number of hydrogen-bond donors (Lipinski definition) is 0. The molecule has 0 aliphatic carbocycles. The maximum Gasteiger partial charge on any atom is 0.122 e. The van der Waals surface area contributed by atoms with Gasteiger partial charge in [-0.25, -0.2) is 0 Å². The van der Waals surface area contributed by atoms with Crippen LogP contribution in [0.2, 0.25) is 5.02 Å². The molecule has 4 heteroatoms. The van der Waals surface area contributed by atoms with Crippen LogP contribution in [0.15, 0.2) is 30.6 Å². The monoisotopic (exact) mass is 250 g/mol. The first-order valence-electron chi connectivity index (χ1n) is 5.53. The molecule has 0 saturated heterocycles. The van der Waals surface area contributed by atoms with Gasteiger partial charge in [-0.2, -0.15) is 5.10 Å². The molecule has 0 unspecified atom stereocenters. The number of nitrogens with zero attached hydrogens (tertiary/aromatic N) is 2. The number of aryl methyl sites for hydroxylation is 2. The van der Waals surface area contributed by atoms with Crippen molar-refractivity contribution in [3.05, 3.63) is 46.7 Å². The Morgan fingerprint density at radius 3 is 2.88 bits per heavy atom. The molecule has 0 aliphatic rings. The molecule has 1 aromatic carbocycles. The van der Waals surface area contributed by atoms with Crippen LogP contribution in [0.25, 0.3) is 0 Å². The lowest BCUT2D eigenvalue weighted by Crippen LogP contribution is -2.09. The van der Waals surface area contributed by atoms with E-state index in [0.29, 0.717) is 18.2 Å². The van der Waals surface area contributed by atoms with Gasteiger partial charge in [-0.1, -0.05) is 23.7 Å². The first-order chi connectivity index (χ1) is 8.15. The molecule has 0 aliphatic heterocycles. The van der Waals surface area contributed by atoms with Crippen molar-refractivity contribution in [3.8, 4) is 5.75 Å². The Kier molecular flexibility index (Phi) is 3.69. The Balaban J connectivity index is 1.91.